The summed E-state index contributed by atoms with van der Waals surface area (Å²) in [5, 5.41) is 3.63. The minimum atomic E-state index is -0.278. The summed E-state index contributed by atoms with van der Waals surface area (Å²) in [4.78, 5) is 2.28. The summed E-state index contributed by atoms with van der Waals surface area (Å²) in [6.45, 7) is 8.76. The Morgan fingerprint density at radius 2 is 1.95 bits per heavy atom. The first kappa shape index (κ1) is 14.5. The van der Waals surface area contributed by atoms with Gasteiger partial charge in [0.05, 0.1) is 0 Å². The van der Waals surface area contributed by atoms with Crippen molar-refractivity contribution >= 4 is 0 Å². The molecule has 2 rings (SSSR count). The predicted molar refractivity (Wildman–Crippen MR) is 78.0 cm³/mol. The Morgan fingerprint density at radius 1 is 1.26 bits per heavy atom. The van der Waals surface area contributed by atoms with Crippen LogP contribution in [0.15, 0.2) is 30.3 Å². The molecule has 1 aliphatic heterocycles. The third kappa shape index (κ3) is 3.54. The molecule has 0 aromatic heterocycles. The molecule has 1 aromatic rings. The van der Waals surface area contributed by atoms with Gasteiger partial charge in [-0.25, -0.2) is 4.39 Å². The largest absolute Gasteiger partial charge is 0.310 e. The van der Waals surface area contributed by atoms with Crippen molar-refractivity contribution in [3.63, 3.8) is 0 Å². The molecule has 106 valence electrons. The predicted octanol–water partition coefficient (Wildman–Crippen LogP) is 3.02. The number of nitrogens with one attached hydrogen (secondary N) is 1. The highest BCUT2D eigenvalue weighted by Crippen LogP contribution is 2.29. The van der Waals surface area contributed by atoms with Crippen molar-refractivity contribution in [2.45, 2.75) is 32.9 Å². The molecule has 19 heavy (non-hydrogen) atoms. The first-order valence-electron chi connectivity index (χ1n) is 7.10. The van der Waals surface area contributed by atoms with E-state index in [0.717, 1.165) is 13.1 Å². The van der Waals surface area contributed by atoms with Crippen LogP contribution >= 0.6 is 0 Å². The molecule has 1 N–H and O–H groups in total. The maximum Gasteiger partial charge on any atom is 0.102 e. The third-order valence-corrected chi connectivity index (χ3v) is 4.02. The Hall–Kier alpha value is -0.930. The van der Waals surface area contributed by atoms with Crippen molar-refractivity contribution in [1.29, 1.82) is 0 Å². The number of benzene rings is 1. The van der Waals surface area contributed by atoms with Gasteiger partial charge < -0.3 is 5.32 Å². The Labute approximate surface area is 116 Å². The van der Waals surface area contributed by atoms with Crippen molar-refractivity contribution in [1.82, 2.24) is 10.2 Å². The topological polar surface area (TPSA) is 15.3 Å². The fourth-order valence-corrected chi connectivity index (χ4v) is 2.75. The number of rotatable bonds is 3. The van der Waals surface area contributed by atoms with Gasteiger partial charge in [-0.1, -0.05) is 51.1 Å². The first-order valence-corrected chi connectivity index (χ1v) is 7.10. The standard InChI is InChI=1S/C16H25FN2/c1-16(2,3)15-12-19(10-9-17)14(11-18-15)13-7-5-4-6-8-13/h4-8,14-15,18H,9-12H2,1-3H3. The van der Waals surface area contributed by atoms with Crippen LogP contribution in [0.3, 0.4) is 0 Å². The Bertz CT molecular complexity index is 385. The second-order valence-electron chi connectivity index (χ2n) is 6.44. The van der Waals surface area contributed by atoms with Gasteiger partial charge in [0.1, 0.15) is 6.67 Å². The number of hydrogen-bond donors (Lipinski definition) is 1. The number of hydrogen-bond acceptors (Lipinski definition) is 2. The highest BCUT2D eigenvalue weighted by atomic mass is 19.1. The van der Waals surface area contributed by atoms with E-state index in [-0.39, 0.29) is 18.1 Å². The minimum absolute atomic E-state index is 0.205. The van der Waals surface area contributed by atoms with E-state index in [2.05, 4.69) is 55.3 Å². The van der Waals surface area contributed by atoms with Crippen molar-refractivity contribution in [2.75, 3.05) is 26.3 Å². The van der Waals surface area contributed by atoms with Crippen LogP contribution < -0.4 is 5.32 Å². The SMILES string of the molecule is CC(C)(C)C1CN(CCF)C(c2ccccc2)CN1. The van der Waals surface area contributed by atoms with E-state index < -0.39 is 0 Å². The normalized spacial score (nSPS) is 25.5. The zero-order valence-corrected chi connectivity index (χ0v) is 12.2. The van der Waals surface area contributed by atoms with Crippen LogP contribution in [0.4, 0.5) is 4.39 Å². The number of nitrogens with zero attached hydrogens (tertiary/aromatic N) is 1. The van der Waals surface area contributed by atoms with Crippen LogP contribution in [-0.4, -0.2) is 37.3 Å². The summed E-state index contributed by atoms with van der Waals surface area (Å²) >= 11 is 0. The van der Waals surface area contributed by atoms with Gasteiger partial charge in [-0.3, -0.25) is 4.90 Å². The lowest BCUT2D eigenvalue weighted by Crippen LogP contribution is -2.57. The van der Waals surface area contributed by atoms with Crippen LogP contribution in [0.25, 0.3) is 0 Å². The molecule has 1 heterocycles. The van der Waals surface area contributed by atoms with Crippen molar-refractivity contribution < 1.29 is 4.39 Å². The minimum Gasteiger partial charge on any atom is -0.310 e. The third-order valence-electron chi connectivity index (χ3n) is 4.02. The van der Waals surface area contributed by atoms with Crippen LogP contribution in [0.5, 0.6) is 0 Å². The fraction of sp³-hybridized carbons (Fsp3) is 0.625. The van der Waals surface area contributed by atoms with Gasteiger partial charge in [-0.2, -0.15) is 0 Å². The molecule has 2 atom stereocenters. The van der Waals surface area contributed by atoms with E-state index in [1.165, 1.54) is 5.56 Å². The smallest absolute Gasteiger partial charge is 0.102 e. The molecule has 0 bridgehead atoms. The molecular formula is C16H25FN2. The molecule has 1 aliphatic rings. The average molecular weight is 264 g/mol. The quantitative estimate of drug-likeness (QED) is 0.903. The van der Waals surface area contributed by atoms with Gasteiger partial charge in [-0.05, 0) is 11.0 Å². The van der Waals surface area contributed by atoms with Crippen molar-refractivity contribution in [2.24, 2.45) is 5.41 Å². The zero-order valence-electron chi connectivity index (χ0n) is 12.2. The van der Waals surface area contributed by atoms with E-state index in [1.54, 1.807) is 0 Å². The Balaban J connectivity index is 2.13. The molecule has 3 heteroatoms. The van der Waals surface area contributed by atoms with Crippen LogP contribution in [0.1, 0.15) is 32.4 Å². The molecule has 1 fully saturated rings. The van der Waals surface area contributed by atoms with Crippen molar-refractivity contribution in [3.05, 3.63) is 35.9 Å². The summed E-state index contributed by atoms with van der Waals surface area (Å²) in [5.41, 5.74) is 1.48. The maximum atomic E-state index is 12.8. The monoisotopic (exact) mass is 264 g/mol. The average Bonchev–Trinajstić information content (AvgIpc) is 2.39. The van der Waals surface area contributed by atoms with Gasteiger partial charge in [0.15, 0.2) is 0 Å². The van der Waals surface area contributed by atoms with Crippen molar-refractivity contribution in [3.8, 4) is 0 Å². The van der Waals surface area contributed by atoms with E-state index in [1.807, 2.05) is 6.07 Å². The Morgan fingerprint density at radius 3 is 2.53 bits per heavy atom. The molecule has 0 aliphatic carbocycles. The molecule has 1 aromatic carbocycles. The van der Waals surface area contributed by atoms with Gasteiger partial charge in [-0.15, -0.1) is 0 Å². The summed E-state index contributed by atoms with van der Waals surface area (Å²) in [6.07, 6.45) is 0. The van der Waals surface area contributed by atoms with E-state index in [9.17, 15) is 4.39 Å². The zero-order chi connectivity index (χ0) is 13.9. The van der Waals surface area contributed by atoms with Gasteiger partial charge in [0, 0.05) is 31.7 Å². The van der Waals surface area contributed by atoms with Crippen LogP contribution in [-0.2, 0) is 0 Å². The molecule has 2 nitrogen and oxygen atoms in total. The lowest BCUT2D eigenvalue weighted by Gasteiger charge is -2.45. The Kier molecular flexibility index (Phi) is 4.58. The highest BCUT2D eigenvalue weighted by Gasteiger charge is 2.34. The van der Waals surface area contributed by atoms with Gasteiger partial charge in [0.2, 0.25) is 0 Å². The van der Waals surface area contributed by atoms with E-state index in [4.69, 9.17) is 0 Å². The molecule has 0 spiro atoms. The maximum absolute atomic E-state index is 12.8. The second-order valence-corrected chi connectivity index (χ2v) is 6.44. The second kappa shape index (κ2) is 6.02. The molecule has 0 radical (unpaired) electrons. The summed E-state index contributed by atoms with van der Waals surface area (Å²) in [7, 11) is 0. The fourth-order valence-electron chi connectivity index (χ4n) is 2.75. The summed E-state index contributed by atoms with van der Waals surface area (Å²) < 4.78 is 12.8. The first-order chi connectivity index (χ1) is 9.02. The molecule has 1 saturated heterocycles. The molecular weight excluding hydrogens is 239 g/mol. The number of piperazine rings is 1. The van der Waals surface area contributed by atoms with Gasteiger partial charge >= 0.3 is 0 Å². The number of halogens is 1. The van der Waals surface area contributed by atoms with E-state index in [0.29, 0.717) is 12.6 Å². The molecule has 2 unspecified atom stereocenters. The van der Waals surface area contributed by atoms with E-state index >= 15 is 0 Å². The van der Waals surface area contributed by atoms with Crippen LogP contribution in [0.2, 0.25) is 0 Å². The lowest BCUT2D eigenvalue weighted by molar-refractivity contribution is 0.0799. The highest BCUT2D eigenvalue weighted by molar-refractivity contribution is 5.20. The summed E-state index contributed by atoms with van der Waals surface area (Å²) in [6, 6.07) is 11.1. The van der Waals surface area contributed by atoms with Gasteiger partial charge in [0.25, 0.3) is 0 Å². The lowest BCUT2D eigenvalue weighted by atomic mass is 9.84. The molecule has 0 amide bonds. The number of alkyl halides is 1. The molecule has 0 saturated carbocycles. The summed E-state index contributed by atoms with van der Waals surface area (Å²) in [5.74, 6) is 0. The van der Waals surface area contributed by atoms with Crippen LogP contribution in [0, 0.1) is 5.41 Å².